The lowest BCUT2D eigenvalue weighted by Crippen LogP contribution is -2.29. The molecule has 1 atom stereocenters. The maximum absolute atomic E-state index is 12.5. The topological polar surface area (TPSA) is 66.4 Å². The van der Waals surface area contributed by atoms with Gasteiger partial charge in [-0.15, -0.1) is 0 Å². The highest BCUT2D eigenvalue weighted by molar-refractivity contribution is 9.10. The summed E-state index contributed by atoms with van der Waals surface area (Å²) in [7, 11) is -3.64. The minimum Gasteiger partial charge on any atom is -0.396 e. The van der Waals surface area contributed by atoms with Crippen LogP contribution in [0.15, 0.2) is 57.9 Å². The van der Waals surface area contributed by atoms with Gasteiger partial charge in [0.1, 0.15) is 0 Å². The van der Waals surface area contributed by atoms with Gasteiger partial charge in [-0.1, -0.05) is 45.8 Å². The Balaban J connectivity index is 2.28. The Bertz CT molecular complexity index is 729. The van der Waals surface area contributed by atoms with E-state index in [2.05, 4.69) is 20.7 Å². The van der Waals surface area contributed by atoms with Crippen molar-refractivity contribution >= 4 is 26.0 Å². The van der Waals surface area contributed by atoms with E-state index in [1.807, 2.05) is 31.2 Å². The number of aliphatic hydroxyl groups excluding tert-OH is 1. The first-order valence-corrected chi connectivity index (χ1v) is 9.15. The van der Waals surface area contributed by atoms with Gasteiger partial charge in [-0.25, -0.2) is 13.1 Å². The van der Waals surface area contributed by atoms with E-state index in [4.69, 9.17) is 0 Å². The quantitative estimate of drug-likeness (QED) is 0.804. The van der Waals surface area contributed by atoms with Crippen LogP contribution >= 0.6 is 15.9 Å². The summed E-state index contributed by atoms with van der Waals surface area (Å²) in [6.45, 7) is 1.80. The molecule has 0 amide bonds. The van der Waals surface area contributed by atoms with Crippen molar-refractivity contribution in [2.45, 2.75) is 24.3 Å². The highest BCUT2D eigenvalue weighted by Gasteiger charge is 2.21. The van der Waals surface area contributed by atoms with Gasteiger partial charge in [-0.05, 0) is 43.2 Å². The molecule has 0 fully saturated rings. The van der Waals surface area contributed by atoms with Crippen molar-refractivity contribution in [3.63, 3.8) is 0 Å². The Morgan fingerprint density at radius 3 is 2.45 bits per heavy atom. The van der Waals surface area contributed by atoms with Crippen LogP contribution < -0.4 is 4.72 Å². The summed E-state index contributed by atoms with van der Waals surface area (Å²) < 4.78 is 28.5. The molecule has 2 N–H and O–H groups in total. The van der Waals surface area contributed by atoms with E-state index < -0.39 is 16.1 Å². The molecule has 0 heterocycles. The minimum absolute atomic E-state index is 0.104. The van der Waals surface area contributed by atoms with Crippen LogP contribution in [0.2, 0.25) is 0 Å². The number of nitrogens with one attached hydrogen (secondary N) is 1. The summed E-state index contributed by atoms with van der Waals surface area (Å²) in [6, 6.07) is 13.6. The molecule has 118 valence electrons. The third kappa shape index (κ3) is 4.39. The van der Waals surface area contributed by atoms with Gasteiger partial charge in [-0.3, -0.25) is 0 Å². The van der Waals surface area contributed by atoms with E-state index >= 15 is 0 Å². The first-order valence-electron chi connectivity index (χ1n) is 6.88. The fourth-order valence-electron chi connectivity index (χ4n) is 2.12. The molecule has 2 aromatic carbocycles. The molecule has 4 nitrogen and oxygen atoms in total. The maximum atomic E-state index is 12.5. The lowest BCUT2D eigenvalue weighted by atomic mass is 10.1. The zero-order valence-corrected chi connectivity index (χ0v) is 14.6. The molecule has 0 aromatic heterocycles. The molecule has 0 saturated heterocycles. The van der Waals surface area contributed by atoms with Gasteiger partial charge in [0, 0.05) is 17.1 Å². The van der Waals surface area contributed by atoms with Gasteiger partial charge >= 0.3 is 0 Å². The number of halogens is 1. The van der Waals surface area contributed by atoms with Gasteiger partial charge in [0.15, 0.2) is 0 Å². The van der Waals surface area contributed by atoms with E-state index in [1.165, 1.54) is 0 Å². The van der Waals surface area contributed by atoms with Crippen LogP contribution in [0, 0.1) is 6.92 Å². The third-order valence-corrected chi connectivity index (χ3v) is 5.28. The average molecular weight is 384 g/mol. The van der Waals surface area contributed by atoms with Gasteiger partial charge in [0.2, 0.25) is 10.0 Å². The van der Waals surface area contributed by atoms with E-state index in [9.17, 15) is 13.5 Å². The molecule has 0 aliphatic rings. The van der Waals surface area contributed by atoms with Crippen LogP contribution in [-0.2, 0) is 10.0 Å². The van der Waals surface area contributed by atoms with Crippen LogP contribution in [-0.4, -0.2) is 20.1 Å². The van der Waals surface area contributed by atoms with E-state index in [-0.39, 0.29) is 11.5 Å². The summed E-state index contributed by atoms with van der Waals surface area (Å²) in [5.74, 6) is 0. The predicted molar refractivity (Wildman–Crippen MR) is 90.1 cm³/mol. The van der Waals surface area contributed by atoms with Crippen molar-refractivity contribution in [2.24, 2.45) is 0 Å². The number of benzene rings is 2. The standard InChI is InChI=1S/C16H18BrNO3S/c1-12-5-7-15(8-6-12)22(20,21)18-16(9-10-19)13-3-2-4-14(17)11-13/h2-8,11,16,18-19H,9-10H2,1H3. The fourth-order valence-corrected chi connectivity index (χ4v) is 3.79. The predicted octanol–water partition coefficient (Wildman–Crippen LogP) is 3.16. The molecule has 0 spiro atoms. The summed E-state index contributed by atoms with van der Waals surface area (Å²) in [5.41, 5.74) is 1.80. The molecule has 6 heteroatoms. The molecular formula is C16H18BrNO3S. The normalized spacial score (nSPS) is 13.0. The largest absolute Gasteiger partial charge is 0.396 e. The van der Waals surface area contributed by atoms with Crippen LogP contribution in [0.3, 0.4) is 0 Å². The Morgan fingerprint density at radius 1 is 1.18 bits per heavy atom. The number of sulfonamides is 1. The second-order valence-corrected chi connectivity index (χ2v) is 7.68. The van der Waals surface area contributed by atoms with Crippen LogP contribution in [0.25, 0.3) is 0 Å². The second-order valence-electron chi connectivity index (χ2n) is 5.05. The third-order valence-electron chi connectivity index (χ3n) is 3.30. The summed E-state index contributed by atoms with van der Waals surface area (Å²) in [4.78, 5) is 0.219. The van der Waals surface area contributed by atoms with Crippen LogP contribution in [0.4, 0.5) is 0 Å². The minimum atomic E-state index is -3.64. The number of rotatable bonds is 6. The highest BCUT2D eigenvalue weighted by Crippen LogP contribution is 2.23. The van der Waals surface area contributed by atoms with Crippen LogP contribution in [0.5, 0.6) is 0 Å². The summed E-state index contributed by atoms with van der Waals surface area (Å²) in [6.07, 6.45) is 0.307. The summed E-state index contributed by atoms with van der Waals surface area (Å²) in [5, 5.41) is 9.22. The fraction of sp³-hybridized carbons (Fsp3) is 0.250. The average Bonchev–Trinajstić information content (AvgIpc) is 2.47. The van der Waals surface area contributed by atoms with Crippen molar-refractivity contribution in [1.82, 2.24) is 4.72 Å². The smallest absolute Gasteiger partial charge is 0.241 e. The molecular weight excluding hydrogens is 366 g/mol. The number of hydrogen-bond donors (Lipinski definition) is 2. The van der Waals surface area contributed by atoms with Crippen molar-refractivity contribution in [3.8, 4) is 0 Å². The van der Waals surface area contributed by atoms with E-state index in [0.717, 1.165) is 15.6 Å². The van der Waals surface area contributed by atoms with Crippen molar-refractivity contribution in [3.05, 3.63) is 64.1 Å². The SMILES string of the molecule is Cc1ccc(S(=O)(=O)NC(CCO)c2cccc(Br)c2)cc1. The van der Waals surface area contributed by atoms with E-state index in [0.29, 0.717) is 6.42 Å². The van der Waals surface area contributed by atoms with Crippen LogP contribution in [0.1, 0.15) is 23.6 Å². The molecule has 0 bridgehead atoms. The number of aryl methyl sites for hydroxylation is 1. The molecule has 0 aliphatic heterocycles. The maximum Gasteiger partial charge on any atom is 0.241 e. The first-order chi connectivity index (χ1) is 10.4. The summed E-state index contributed by atoms with van der Waals surface area (Å²) >= 11 is 3.37. The van der Waals surface area contributed by atoms with Gasteiger partial charge in [-0.2, -0.15) is 0 Å². The van der Waals surface area contributed by atoms with Crippen molar-refractivity contribution < 1.29 is 13.5 Å². The molecule has 1 unspecified atom stereocenters. The number of aliphatic hydroxyl groups is 1. The van der Waals surface area contributed by atoms with Gasteiger partial charge in [0.05, 0.1) is 4.90 Å². The van der Waals surface area contributed by atoms with Crippen molar-refractivity contribution in [1.29, 1.82) is 0 Å². The van der Waals surface area contributed by atoms with Crippen molar-refractivity contribution in [2.75, 3.05) is 6.61 Å². The Morgan fingerprint density at radius 2 is 1.86 bits per heavy atom. The van der Waals surface area contributed by atoms with Gasteiger partial charge in [0.25, 0.3) is 0 Å². The number of hydrogen-bond acceptors (Lipinski definition) is 3. The molecule has 0 radical (unpaired) electrons. The molecule has 0 saturated carbocycles. The molecule has 2 aromatic rings. The second kappa shape index (κ2) is 7.37. The van der Waals surface area contributed by atoms with E-state index in [1.54, 1.807) is 24.3 Å². The monoisotopic (exact) mass is 383 g/mol. The van der Waals surface area contributed by atoms with Gasteiger partial charge < -0.3 is 5.11 Å². The lowest BCUT2D eigenvalue weighted by molar-refractivity contribution is 0.272. The Hall–Kier alpha value is -1.21. The first kappa shape index (κ1) is 17.1. The Labute approximate surface area is 139 Å². The zero-order valence-electron chi connectivity index (χ0n) is 12.2. The zero-order chi connectivity index (χ0) is 16.2. The lowest BCUT2D eigenvalue weighted by Gasteiger charge is -2.18. The molecule has 0 aliphatic carbocycles. The Kier molecular flexibility index (Phi) is 5.74. The molecule has 2 rings (SSSR count). The molecule has 22 heavy (non-hydrogen) atoms. The highest BCUT2D eigenvalue weighted by atomic mass is 79.9.